The van der Waals surface area contributed by atoms with Crippen LogP contribution >= 0.6 is 24.0 Å². The van der Waals surface area contributed by atoms with Crippen molar-refractivity contribution in [1.29, 1.82) is 0 Å². The predicted octanol–water partition coefficient (Wildman–Crippen LogP) is 3.87. The Labute approximate surface area is 191 Å². The van der Waals surface area contributed by atoms with Crippen LogP contribution in [0.4, 0.5) is 0 Å². The zero-order valence-electron chi connectivity index (χ0n) is 17.4. The third kappa shape index (κ3) is 5.95. The van der Waals surface area contributed by atoms with E-state index in [2.05, 4.69) is 57.8 Å². The van der Waals surface area contributed by atoms with Crippen molar-refractivity contribution in [3.63, 3.8) is 0 Å². The van der Waals surface area contributed by atoms with Crippen LogP contribution in [-0.4, -0.2) is 44.0 Å². The van der Waals surface area contributed by atoms with Gasteiger partial charge in [-0.1, -0.05) is 49.4 Å². The number of likely N-dealkylation sites (tertiary alicyclic amines) is 1. The molecule has 0 saturated carbocycles. The Morgan fingerprint density at radius 1 is 1.17 bits per heavy atom. The molecule has 0 bridgehead atoms. The van der Waals surface area contributed by atoms with Crippen LogP contribution in [0, 0.1) is 5.92 Å². The molecule has 6 heteroatoms. The fraction of sp³-hybridized carbons (Fsp3) is 0.391. The van der Waals surface area contributed by atoms with Crippen molar-refractivity contribution in [2.24, 2.45) is 10.9 Å². The van der Waals surface area contributed by atoms with Gasteiger partial charge in [0.25, 0.3) is 5.91 Å². The van der Waals surface area contributed by atoms with E-state index in [0.717, 1.165) is 31.0 Å². The molecule has 1 heterocycles. The number of guanidine groups is 1. The average molecular weight is 506 g/mol. The van der Waals surface area contributed by atoms with E-state index in [1.165, 1.54) is 5.56 Å². The number of carbonyl (C=O) groups is 1. The second-order valence-electron chi connectivity index (χ2n) is 7.41. The molecule has 2 unspecified atom stereocenters. The Bertz CT molecular complexity index is 825. The molecule has 1 aliphatic rings. The first-order chi connectivity index (χ1) is 13.6. The Kier molecular flexibility index (Phi) is 8.95. The van der Waals surface area contributed by atoms with E-state index in [1.54, 1.807) is 7.05 Å². The lowest BCUT2D eigenvalue weighted by Crippen LogP contribution is -2.47. The molecule has 3 rings (SSSR count). The number of nitrogens with zero attached hydrogens (tertiary/aromatic N) is 2. The van der Waals surface area contributed by atoms with Crippen LogP contribution < -0.4 is 10.6 Å². The second-order valence-corrected chi connectivity index (χ2v) is 7.41. The van der Waals surface area contributed by atoms with Gasteiger partial charge in [-0.05, 0) is 41.5 Å². The molecule has 1 aliphatic heterocycles. The summed E-state index contributed by atoms with van der Waals surface area (Å²) in [5, 5.41) is 6.13. The van der Waals surface area contributed by atoms with Crippen LogP contribution in [0.2, 0.25) is 0 Å². The number of aliphatic imine (C=N–C) groups is 1. The van der Waals surface area contributed by atoms with Gasteiger partial charge in [-0.3, -0.25) is 9.79 Å². The summed E-state index contributed by atoms with van der Waals surface area (Å²) in [6, 6.07) is 18.5. The molecule has 1 amide bonds. The predicted molar refractivity (Wildman–Crippen MR) is 130 cm³/mol. The average Bonchev–Trinajstić information content (AvgIpc) is 2.74. The Morgan fingerprint density at radius 2 is 1.93 bits per heavy atom. The topological polar surface area (TPSA) is 56.7 Å². The summed E-state index contributed by atoms with van der Waals surface area (Å²) in [6.07, 6.45) is 1.12. The molecule has 156 valence electrons. The van der Waals surface area contributed by atoms with Gasteiger partial charge in [0.15, 0.2) is 5.96 Å². The van der Waals surface area contributed by atoms with Gasteiger partial charge in [0.2, 0.25) is 0 Å². The van der Waals surface area contributed by atoms with Gasteiger partial charge in [0.1, 0.15) is 0 Å². The normalized spacial score (nSPS) is 19.3. The van der Waals surface area contributed by atoms with E-state index < -0.39 is 0 Å². The number of halogens is 1. The lowest BCUT2D eigenvalue weighted by Gasteiger charge is -2.39. The smallest absolute Gasteiger partial charge is 0.251 e. The molecule has 1 fully saturated rings. The van der Waals surface area contributed by atoms with Crippen molar-refractivity contribution in [1.82, 2.24) is 15.5 Å². The highest BCUT2D eigenvalue weighted by molar-refractivity contribution is 14.0. The number of hydrogen-bond donors (Lipinski definition) is 2. The fourth-order valence-corrected chi connectivity index (χ4v) is 4.01. The van der Waals surface area contributed by atoms with Gasteiger partial charge in [-0.2, -0.15) is 0 Å². The van der Waals surface area contributed by atoms with Gasteiger partial charge < -0.3 is 15.5 Å². The lowest BCUT2D eigenvalue weighted by molar-refractivity contribution is 0.0963. The highest BCUT2D eigenvalue weighted by Gasteiger charge is 2.28. The molecule has 1 saturated heterocycles. The standard InChI is InChI=1S/C23H30N4O.HI/c1-17-16-27(13-12-21(17)19-9-5-4-6-10-19)23(25-3)26-15-18-8-7-11-20(14-18)22(28)24-2;/h4-11,14,17,21H,12-13,15-16H2,1-3H3,(H,24,28)(H,25,26);1H. The molecule has 0 aromatic heterocycles. The summed E-state index contributed by atoms with van der Waals surface area (Å²) in [7, 11) is 3.48. The summed E-state index contributed by atoms with van der Waals surface area (Å²) in [5.74, 6) is 2.01. The number of rotatable bonds is 4. The van der Waals surface area contributed by atoms with Crippen molar-refractivity contribution in [2.75, 3.05) is 27.2 Å². The summed E-state index contributed by atoms with van der Waals surface area (Å²) in [4.78, 5) is 18.7. The van der Waals surface area contributed by atoms with Crippen LogP contribution in [0.25, 0.3) is 0 Å². The van der Waals surface area contributed by atoms with Gasteiger partial charge in [0.05, 0.1) is 0 Å². The third-order valence-electron chi connectivity index (χ3n) is 5.51. The molecular weight excluding hydrogens is 475 g/mol. The number of carbonyl (C=O) groups excluding carboxylic acids is 1. The molecule has 2 aromatic carbocycles. The molecule has 0 spiro atoms. The van der Waals surface area contributed by atoms with Gasteiger partial charge in [0, 0.05) is 39.3 Å². The van der Waals surface area contributed by atoms with Crippen LogP contribution in [-0.2, 0) is 6.54 Å². The maximum Gasteiger partial charge on any atom is 0.251 e. The first kappa shape index (κ1) is 23.2. The van der Waals surface area contributed by atoms with E-state index in [0.29, 0.717) is 23.9 Å². The molecule has 2 N–H and O–H groups in total. The Balaban J connectivity index is 0.00000300. The molecule has 29 heavy (non-hydrogen) atoms. The highest BCUT2D eigenvalue weighted by atomic mass is 127. The SMILES string of the molecule is CN=C(NCc1cccc(C(=O)NC)c1)N1CCC(c2ccccc2)C(C)C1.I. The van der Waals surface area contributed by atoms with E-state index in [4.69, 9.17) is 0 Å². The van der Waals surface area contributed by atoms with Crippen molar-refractivity contribution >= 4 is 35.8 Å². The maximum atomic E-state index is 11.8. The Morgan fingerprint density at radius 3 is 2.59 bits per heavy atom. The molecule has 0 radical (unpaired) electrons. The summed E-state index contributed by atoms with van der Waals surface area (Å²) in [5.41, 5.74) is 3.17. The second kappa shape index (κ2) is 11.2. The van der Waals surface area contributed by atoms with E-state index in [-0.39, 0.29) is 29.9 Å². The number of hydrogen-bond acceptors (Lipinski definition) is 2. The molecule has 5 nitrogen and oxygen atoms in total. The summed E-state index contributed by atoms with van der Waals surface area (Å²) in [6.45, 7) is 4.94. The van der Waals surface area contributed by atoms with Crippen LogP contribution in [0.3, 0.4) is 0 Å². The van der Waals surface area contributed by atoms with Crippen molar-refractivity contribution < 1.29 is 4.79 Å². The van der Waals surface area contributed by atoms with Crippen molar-refractivity contribution in [3.05, 3.63) is 71.3 Å². The number of piperidine rings is 1. The molecule has 2 aromatic rings. The minimum Gasteiger partial charge on any atom is -0.355 e. The monoisotopic (exact) mass is 506 g/mol. The number of nitrogens with one attached hydrogen (secondary N) is 2. The number of amides is 1. The Hall–Kier alpha value is -2.09. The zero-order chi connectivity index (χ0) is 19.9. The van der Waals surface area contributed by atoms with Crippen LogP contribution in [0.5, 0.6) is 0 Å². The summed E-state index contributed by atoms with van der Waals surface area (Å²) < 4.78 is 0. The lowest BCUT2D eigenvalue weighted by atomic mass is 9.82. The largest absolute Gasteiger partial charge is 0.355 e. The summed E-state index contributed by atoms with van der Waals surface area (Å²) >= 11 is 0. The zero-order valence-corrected chi connectivity index (χ0v) is 19.7. The van der Waals surface area contributed by atoms with Gasteiger partial charge in [-0.15, -0.1) is 24.0 Å². The van der Waals surface area contributed by atoms with E-state index in [1.807, 2.05) is 31.3 Å². The van der Waals surface area contributed by atoms with Crippen molar-refractivity contribution in [3.8, 4) is 0 Å². The number of benzene rings is 2. The van der Waals surface area contributed by atoms with Gasteiger partial charge in [-0.25, -0.2) is 0 Å². The molecular formula is C23H31IN4O. The van der Waals surface area contributed by atoms with Crippen molar-refractivity contribution in [2.45, 2.75) is 25.8 Å². The highest BCUT2D eigenvalue weighted by Crippen LogP contribution is 2.32. The van der Waals surface area contributed by atoms with E-state index in [9.17, 15) is 4.79 Å². The quantitative estimate of drug-likeness (QED) is 0.376. The van der Waals surface area contributed by atoms with Crippen LogP contribution in [0.1, 0.15) is 40.7 Å². The fourth-order valence-electron chi connectivity index (χ4n) is 4.01. The van der Waals surface area contributed by atoms with Gasteiger partial charge >= 0.3 is 0 Å². The molecule has 2 atom stereocenters. The van der Waals surface area contributed by atoms with Crippen LogP contribution in [0.15, 0.2) is 59.6 Å². The first-order valence-electron chi connectivity index (χ1n) is 9.94. The minimum atomic E-state index is -0.0666. The molecule has 0 aliphatic carbocycles. The third-order valence-corrected chi connectivity index (χ3v) is 5.51. The van der Waals surface area contributed by atoms with E-state index >= 15 is 0 Å². The maximum absolute atomic E-state index is 11.8. The first-order valence-corrected chi connectivity index (χ1v) is 9.94. The minimum absolute atomic E-state index is 0.